The molecule has 1 aliphatic heterocycles. The summed E-state index contributed by atoms with van der Waals surface area (Å²) in [6.07, 6.45) is 2.56. The Hall–Kier alpha value is -2.36. The first-order chi connectivity index (χ1) is 16.0. The summed E-state index contributed by atoms with van der Waals surface area (Å²) in [6, 6.07) is 2.09. The van der Waals surface area contributed by atoms with Gasteiger partial charge in [-0.15, -0.1) is 0 Å². The van der Waals surface area contributed by atoms with Crippen LogP contribution in [0.2, 0.25) is 10.0 Å². The Morgan fingerprint density at radius 1 is 1.21 bits per heavy atom. The maximum Gasteiger partial charge on any atom is 0.326 e. The zero-order valence-corrected chi connectivity index (χ0v) is 20.9. The van der Waals surface area contributed by atoms with Crippen molar-refractivity contribution < 1.29 is 24.3 Å². The summed E-state index contributed by atoms with van der Waals surface area (Å²) < 4.78 is 0. The zero-order chi connectivity index (χ0) is 25.4. The molecule has 1 fully saturated rings. The maximum atomic E-state index is 12.9. The van der Waals surface area contributed by atoms with Gasteiger partial charge in [-0.2, -0.15) is 0 Å². The average molecular weight is 515 g/mol. The molecular formula is C23H32Cl2N4O5. The van der Waals surface area contributed by atoms with E-state index in [1.807, 2.05) is 0 Å². The molecule has 0 radical (unpaired) electrons. The Labute approximate surface area is 209 Å². The Bertz CT molecular complexity index is 911. The normalized spacial score (nSPS) is 17.4. The van der Waals surface area contributed by atoms with E-state index in [1.165, 1.54) is 11.0 Å². The first-order valence-electron chi connectivity index (χ1n) is 11.4. The van der Waals surface area contributed by atoms with Gasteiger partial charge in [-0.1, -0.05) is 37.0 Å². The highest BCUT2D eigenvalue weighted by Gasteiger charge is 2.38. The largest absolute Gasteiger partial charge is 0.480 e. The SMILES string of the molecule is CC(C)[C@H](NC(=O)[C@@H](N)CCCCNC(=O)c1ccc(Cl)cc1Cl)C(=O)N1CCC[C@H]1C(=O)O. The summed E-state index contributed by atoms with van der Waals surface area (Å²) in [5.74, 6) is -2.45. The van der Waals surface area contributed by atoms with Gasteiger partial charge in [0.05, 0.1) is 16.6 Å². The van der Waals surface area contributed by atoms with Crippen LogP contribution in [0.4, 0.5) is 0 Å². The van der Waals surface area contributed by atoms with Crippen LogP contribution >= 0.6 is 23.2 Å². The fraction of sp³-hybridized carbons (Fsp3) is 0.565. The monoisotopic (exact) mass is 514 g/mol. The van der Waals surface area contributed by atoms with Crippen LogP contribution in [0.25, 0.3) is 0 Å². The van der Waals surface area contributed by atoms with Crippen LogP contribution in [-0.2, 0) is 14.4 Å². The minimum atomic E-state index is -1.04. The van der Waals surface area contributed by atoms with Crippen LogP contribution in [0.5, 0.6) is 0 Å². The number of carboxylic acids is 1. The highest BCUT2D eigenvalue weighted by Crippen LogP contribution is 2.21. The van der Waals surface area contributed by atoms with Crippen LogP contribution in [-0.4, -0.2) is 64.9 Å². The number of carboxylic acid groups (broad SMARTS) is 1. The van der Waals surface area contributed by atoms with Gasteiger partial charge in [0.15, 0.2) is 0 Å². The van der Waals surface area contributed by atoms with E-state index in [4.69, 9.17) is 28.9 Å². The minimum Gasteiger partial charge on any atom is -0.480 e. The van der Waals surface area contributed by atoms with Crippen LogP contribution in [0.1, 0.15) is 56.3 Å². The Balaban J connectivity index is 1.79. The highest BCUT2D eigenvalue weighted by atomic mass is 35.5. The third-order valence-corrected chi connectivity index (χ3v) is 6.34. The van der Waals surface area contributed by atoms with Crippen molar-refractivity contribution in [1.82, 2.24) is 15.5 Å². The molecule has 11 heteroatoms. The molecule has 1 aromatic rings. The lowest BCUT2D eigenvalue weighted by atomic mass is 10.0. The third kappa shape index (κ3) is 7.58. The number of carbonyl (C=O) groups is 4. The molecule has 0 unspecified atom stereocenters. The zero-order valence-electron chi connectivity index (χ0n) is 19.4. The number of benzene rings is 1. The summed E-state index contributed by atoms with van der Waals surface area (Å²) >= 11 is 11.9. The molecular weight excluding hydrogens is 483 g/mol. The van der Waals surface area contributed by atoms with Gasteiger partial charge in [0, 0.05) is 18.1 Å². The number of unbranched alkanes of at least 4 members (excludes halogenated alkanes) is 1. The first-order valence-corrected chi connectivity index (χ1v) is 12.1. The lowest BCUT2D eigenvalue weighted by Gasteiger charge is -2.30. The molecule has 9 nitrogen and oxygen atoms in total. The number of nitrogens with two attached hydrogens (primary N) is 1. The van der Waals surface area contributed by atoms with Crippen molar-refractivity contribution in [3.63, 3.8) is 0 Å². The fourth-order valence-electron chi connectivity index (χ4n) is 3.83. The molecule has 3 atom stereocenters. The quantitative estimate of drug-likeness (QED) is 0.334. The predicted octanol–water partition coefficient (Wildman–Crippen LogP) is 2.44. The van der Waals surface area contributed by atoms with Gasteiger partial charge in [-0.25, -0.2) is 4.79 Å². The number of nitrogens with zero attached hydrogens (tertiary/aromatic N) is 1. The lowest BCUT2D eigenvalue weighted by molar-refractivity contribution is -0.150. The number of amides is 3. The third-order valence-electron chi connectivity index (χ3n) is 5.79. The Morgan fingerprint density at radius 2 is 1.91 bits per heavy atom. The topological polar surface area (TPSA) is 142 Å². The van der Waals surface area contributed by atoms with Gasteiger partial charge in [-0.05, 0) is 56.2 Å². The standard InChI is InChI=1S/C23H32Cl2N4O5/c1-13(2)19(22(32)29-11-5-7-18(29)23(33)34)28-21(31)17(26)6-3-4-10-27-20(30)15-9-8-14(24)12-16(15)25/h8-9,12-13,17-19H,3-7,10-11,26H2,1-2H3,(H,27,30)(H,28,31)(H,33,34)/t17-,18-,19-/m0/s1. The fourth-order valence-corrected chi connectivity index (χ4v) is 4.33. The molecule has 3 amide bonds. The summed E-state index contributed by atoms with van der Waals surface area (Å²) in [4.78, 5) is 50.5. The van der Waals surface area contributed by atoms with Crippen LogP contribution in [0.3, 0.4) is 0 Å². The smallest absolute Gasteiger partial charge is 0.326 e. The predicted molar refractivity (Wildman–Crippen MR) is 130 cm³/mol. The van der Waals surface area contributed by atoms with E-state index < -0.39 is 35.9 Å². The van der Waals surface area contributed by atoms with E-state index in [-0.39, 0.29) is 16.8 Å². The van der Waals surface area contributed by atoms with Gasteiger partial charge in [0.1, 0.15) is 12.1 Å². The van der Waals surface area contributed by atoms with E-state index in [0.717, 1.165) is 0 Å². The van der Waals surface area contributed by atoms with Crippen molar-refractivity contribution in [2.45, 2.75) is 64.1 Å². The Kier molecular flexibility index (Phi) is 10.6. The molecule has 0 spiro atoms. The number of hydrogen-bond donors (Lipinski definition) is 4. The van der Waals surface area contributed by atoms with Crippen molar-refractivity contribution in [1.29, 1.82) is 0 Å². The molecule has 2 rings (SSSR count). The van der Waals surface area contributed by atoms with E-state index in [2.05, 4.69) is 10.6 Å². The first kappa shape index (κ1) is 27.9. The number of nitrogens with one attached hydrogen (secondary N) is 2. The number of halogens is 2. The van der Waals surface area contributed by atoms with E-state index in [0.29, 0.717) is 55.8 Å². The van der Waals surface area contributed by atoms with Gasteiger partial charge >= 0.3 is 5.97 Å². The van der Waals surface area contributed by atoms with Crippen LogP contribution < -0.4 is 16.4 Å². The Morgan fingerprint density at radius 3 is 2.53 bits per heavy atom. The molecule has 0 bridgehead atoms. The van der Waals surface area contributed by atoms with Crippen molar-refractivity contribution >= 4 is 46.9 Å². The van der Waals surface area contributed by atoms with E-state index in [1.54, 1.807) is 26.0 Å². The summed E-state index contributed by atoms with van der Waals surface area (Å²) in [5.41, 5.74) is 6.34. The molecule has 1 aliphatic rings. The maximum absolute atomic E-state index is 12.9. The second kappa shape index (κ2) is 12.9. The highest BCUT2D eigenvalue weighted by molar-refractivity contribution is 6.36. The molecule has 0 aromatic heterocycles. The minimum absolute atomic E-state index is 0.228. The van der Waals surface area contributed by atoms with Crippen molar-refractivity contribution in [3.05, 3.63) is 33.8 Å². The molecule has 1 saturated heterocycles. The second-order valence-corrected chi connectivity index (χ2v) is 9.58. The molecule has 5 N–H and O–H groups in total. The average Bonchev–Trinajstić information content (AvgIpc) is 3.26. The molecule has 0 aliphatic carbocycles. The second-order valence-electron chi connectivity index (χ2n) is 8.74. The van der Waals surface area contributed by atoms with Gasteiger partial charge in [-0.3, -0.25) is 14.4 Å². The number of carbonyl (C=O) groups excluding carboxylic acids is 3. The van der Waals surface area contributed by atoms with Crippen molar-refractivity contribution in [2.75, 3.05) is 13.1 Å². The molecule has 0 saturated carbocycles. The number of hydrogen-bond acceptors (Lipinski definition) is 5. The number of likely N-dealkylation sites (tertiary alicyclic amines) is 1. The van der Waals surface area contributed by atoms with Gasteiger partial charge < -0.3 is 26.4 Å². The van der Waals surface area contributed by atoms with Gasteiger partial charge in [0.2, 0.25) is 11.8 Å². The molecule has 1 heterocycles. The summed E-state index contributed by atoms with van der Waals surface area (Å²) in [5, 5.41) is 15.5. The van der Waals surface area contributed by atoms with Crippen molar-refractivity contribution in [3.8, 4) is 0 Å². The van der Waals surface area contributed by atoms with E-state index in [9.17, 15) is 24.3 Å². The summed E-state index contributed by atoms with van der Waals surface area (Å²) in [6.45, 7) is 4.31. The van der Waals surface area contributed by atoms with Crippen LogP contribution in [0, 0.1) is 5.92 Å². The lowest BCUT2D eigenvalue weighted by Crippen LogP contribution is -2.56. The molecule has 1 aromatic carbocycles. The number of aliphatic carboxylic acids is 1. The molecule has 34 heavy (non-hydrogen) atoms. The van der Waals surface area contributed by atoms with Crippen LogP contribution in [0.15, 0.2) is 18.2 Å². The van der Waals surface area contributed by atoms with E-state index >= 15 is 0 Å². The van der Waals surface area contributed by atoms with Gasteiger partial charge in [0.25, 0.3) is 5.91 Å². The summed E-state index contributed by atoms with van der Waals surface area (Å²) in [7, 11) is 0. The van der Waals surface area contributed by atoms with Crippen molar-refractivity contribution in [2.24, 2.45) is 11.7 Å². The molecule has 188 valence electrons. The number of rotatable bonds is 11.